The summed E-state index contributed by atoms with van der Waals surface area (Å²) in [6.07, 6.45) is 8.49. The number of piperidine rings is 1. The molecule has 0 spiro atoms. The molecular formula is C19H29N4O2+. The molecule has 2 amide bonds. The molecule has 0 radical (unpaired) electrons. The van der Waals surface area contributed by atoms with Crippen molar-refractivity contribution in [3.63, 3.8) is 0 Å². The van der Waals surface area contributed by atoms with Gasteiger partial charge in [-0.1, -0.05) is 6.08 Å². The monoisotopic (exact) mass is 345 g/mol. The number of hydrogen-bond acceptors (Lipinski definition) is 3. The molecule has 25 heavy (non-hydrogen) atoms. The zero-order valence-electron chi connectivity index (χ0n) is 15.5. The van der Waals surface area contributed by atoms with E-state index in [1.165, 1.54) is 25.5 Å². The van der Waals surface area contributed by atoms with E-state index in [1.807, 2.05) is 15.9 Å². The maximum absolute atomic E-state index is 12.7. The summed E-state index contributed by atoms with van der Waals surface area (Å²) in [6.45, 7) is 10.8. The third kappa shape index (κ3) is 2.53. The van der Waals surface area contributed by atoms with E-state index in [-0.39, 0.29) is 35.6 Å². The minimum atomic E-state index is -0.218. The normalized spacial score (nSPS) is 33.8. The van der Waals surface area contributed by atoms with Crippen LogP contribution in [0.3, 0.4) is 0 Å². The maximum atomic E-state index is 12.7. The predicted molar refractivity (Wildman–Crippen MR) is 96.0 cm³/mol. The van der Waals surface area contributed by atoms with Crippen LogP contribution in [0.5, 0.6) is 0 Å². The average Bonchev–Trinajstić information content (AvgIpc) is 2.94. The van der Waals surface area contributed by atoms with Gasteiger partial charge in [-0.05, 0) is 40.0 Å². The first-order chi connectivity index (χ1) is 11.8. The van der Waals surface area contributed by atoms with E-state index < -0.39 is 0 Å². The largest absolute Gasteiger partial charge is 0.318 e. The lowest BCUT2D eigenvalue weighted by Gasteiger charge is -2.53. The third-order valence-electron chi connectivity index (χ3n) is 6.70. The molecule has 4 heterocycles. The number of quaternary nitrogens is 1. The van der Waals surface area contributed by atoms with Crippen LogP contribution in [0.25, 0.3) is 0 Å². The van der Waals surface area contributed by atoms with Gasteiger partial charge in [0.15, 0.2) is 0 Å². The Labute approximate surface area is 149 Å². The van der Waals surface area contributed by atoms with E-state index in [1.54, 1.807) is 6.08 Å². The van der Waals surface area contributed by atoms with E-state index in [2.05, 4.69) is 25.8 Å². The third-order valence-corrected chi connectivity index (χ3v) is 6.70. The van der Waals surface area contributed by atoms with Crippen LogP contribution < -0.4 is 0 Å². The van der Waals surface area contributed by atoms with Crippen LogP contribution in [-0.4, -0.2) is 82.3 Å². The Hall–Kier alpha value is -1.69. The van der Waals surface area contributed by atoms with Gasteiger partial charge in [0.2, 0.25) is 5.91 Å². The molecule has 0 aromatic heterocycles. The predicted octanol–water partition coefficient (Wildman–Crippen LogP) is 1.17. The Morgan fingerprint density at radius 2 is 1.88 bits per heavy atom. The van der Waals surface area contributed by atoms with E-state index in [0.29, 0.717) is 6.54 Å². The highest BCUT2D eigenvalue weighted by Gasteiger charge is 2.54. The van der Waals surface area contributed by atoms with Gasteiger partial charge in [-0.3, -0.25) is 14.6 Å². The van der Waals surface area contributed by atoms with Crippen molar-refractivity contribution in [2.75, 3.05) is 26.2 Å². The van der Waals surface area contributed by atoms with Crippen LogP contribution >= 0.6 is 0 Å². The highest BCUT2D eigenvalue weighted by Crippen LogP contribution is 2.36. The van der Waals surface area contributed by atoms with Crippen LogP contribution in [0.4, 0.5) is 0 Å². The van der Waals surface area contributed by atoms with Gasteiger partial charge in [0.25, 0.3) is 5.91 Å². The number of hydrogen-bond donors (Lipinski definition) is 0. The zero-order valence-corrected chi connectivity index (χ0v) is 15.5. The minimum Gasteiger partial charge on any atom is -0.318 e. The van der Waals surface area contributed by atoms with E-state index in [4.69, 9.17) is 0 Å². The first-order valence-corrected chi connectivity index (χ1v) is 9.53. The molecule has 0 bridgehead atoms. The SMILES string of the molecule is CC(C)(C)[N+]1(CC2CN3C(=O)C=NC4C=CC(=O)N2C43)CCCCC1. The Kier molecular flexibility index (Phi) is 3.79. The topological polar surface area (TPSA) is 53.0 Å². The number of carbonyl (C=O) groups excluding carboxylic acids is 2. The summed E-state index contributed by atoms with van der Waals surface area (Å²) in [6, 6.07) is -0.0298. The Morgan fingerprint density at radius 1 is 1.16 bits per heavy atom. The second-order valence-electron chi connectivity index (χ2n) is 8.94. The summed E-state index contributed by atoms with van der Waals surface area (Å²) < 4.78 is 1.03. The highest BCUT2D eigenvalue weighted by molar-refractivity contribution is 6.27. The van der Waals surface area contributed by atoms with Crippen molar-refractivity contribution >= 4 is 18.0 Å². The highest BCUT2D eigenvalue weighted by atomic mass is 16.2. The second-order valence-corrected chi connectivity index (χ2v) is 8.94. The molecular weight excluding hydrogens is 316 g/mol. The van der Waals surface area contributed by atoms with Gasteiger partial charge in [0, 0.05) is 12.6 Å². The Bertz CT molecular complexity index is 642. The summed E-state index contributed by atoms with van der Waals surface area (Å²) >= 11 is 0. The van der Waals surface area contributed by atoms with Gasteiger partial charge in [-0.2, -0.15) is 0 Å². The maximum Gasteiger partial charge on any atom is 0.266 e. The molecule has 6 heteroatoms. The van der Waals surface area contributed by atoms with Gasteiger partial charge in [0.05, 0.1) is 24.8 Å². The van der Waals surface area contributed by atoms with Crippen molar-refractivity contribution in [3.8, 4) is 0 Å². The van der Waals surface area contributed by atoms with Crippen molar-refractivity contribution in [2.45, 2.75) is 63.8 Å². The van der Waals surface area contributed by atoms with E-state index in [0.717, 1.165) is 24.1 Å². The molecule has 2 fully saturated rings. The standard InChI is InChI=1S/C19H29N4O2/c1-19(2,3)23(9-5-4-6-10-23)13-14-12-21-17(25)11-20-15-7-8-16(24)22(14)18(15)21/h7-8,11,14-15,18H,4-6,9-10,12-13H2,1-3H3/q+1. The Morgan fingerprint density at radius 3 is 2.56 bits per heavy atom. The van der Waals surface area contributed by atoms with Crippen LogP contribution in [0.2, 0.25) is 0 Å². The molecule has 0 aromatic rings. The summed E-state index contributed by atoms with van der Waals surface area (Å²) in [7, 11) is 0. The Balaban J connectivity index is 1.66. The smallest absolute Gasteiger partial charge is 0.266 e. The fraction of sp³-hybridized carbons (Fsp3) is 0.737. The molecule has 3 unspecified atom stereocenters. The molecule has 2 saturated heterocycles. The lowest BCUT2D eigenvalue weighted by molar-refractivity contribution is -0.975. The molecule has 3 atom stereocenters. The van der Waals surface area contributed by atoms with Gasteiger partial charge in [-0.25, -0.2) is 0 Å². The molecule has 4 rings (SSSR count). The fourth-order valence-electron chi connectivity index (χ4n) is 5.18. The summed E-state index contributed by atoms with van der Waals surface area (Å²) in [5, 5.41) is 0. The van der Waals surface area contributed by atoms with Crippen molar-refractivity contribution in [2.24, 2.45) is 4.99 Å². The first kappa shape index (κ1) is 16.8. The van der Waals surface area contributed by atoms with Gasteiger partial charge >= 0.3 is 0 Å². The van der Waals surface area contributed by atoms with Crippen molar-refractivity contribution in [3.05, 3.63) is 12.2 Å². The number of aliphatic imine (C=N–C) groups is 1. The number of nitrogens with zero attached hydrogens (tertiary/aromatic N) is 4. The molecule has 0 aliphatic carbocycles. The van der Waals surface area contributed by atoms with Crippen molar-refractivity contribution in [1.82, 2.24) is 9.80 Å². The average molecular weight is 345 g/mol. The van der Waals surface area contributed by atoms with Crippen LogP contribution in [-0.2, 0) is 9.59 Å². The molecule has 0 aromatic carbocycles. The van der Waals surface area contributed by atoms with Gasteiger partial charge in [-0.15, -0.1) is 0 Å². The fourth-order valence-corrected chi connectivity index (χ4v) is 5.18. The minimum absolute atomic E-state index is 0.0303. The lowest BCUT2D eigenvalue weighted by Crippen LogP contribution is -2.67. The second kappa shape index (κ2) is 5.66. The number of rotatable bonds is 2. The van der Waals surface area contributed by atoms with Crippen molar-refractivity contribution < 1.29 is 14.1 Å². The van der Waals surface area contributed by atoms with Crippen LogP contribution in [0.1, 0.15) is 40.0 Å². The summed E-state index contributed by atoms with van der Waals surface area (Å²) in [5.74, 6) is -0.0273. The summed E-state index contributed by atoms with van der Waals surface area (Å²) in [4.78, 5) is 33.2. The molecule has 4 aliphatic rings. The van der Waals surface area contributed by atoms with Crippen LogP contribution in [0.15, 0.2) is 17.1 Å². The zero-order chi connectivity index (χ0) is 17.8. The lowest BCUT2D eigenvalue weighted by atomic mass is 9.93. The quantitative estimate of drug-likeness (QED) is 0.706. The number of likely N-dealkylation sites (tertiary alicyclic amines) is 1. The molecule has 4 aliphatic heterocycles. The molecule has 6 nitrogen and oxygen atoms in total. The van der Waals surface area contributed by atoms with Crippen molar-refractivity contribution in [1.29, 1.82) is 0 Å². The van der Waals surface area contributed by atoms with Gasteiger partial charge < -0.3 is 14.3 Å². The number of carbonyl (C=O) groups is 2. The first-order valence-electron chi connectivity index (χ1n) is 9.53. The number of amides is 2. The van der Waals surface area contributed by atoms with Crippen LogP contribution in [0, 0.1) is 0 Å². The molecule has 0 N–H and O–H groups in total. The molecule has 0 saturated carbocycles. The molecule has 136 valence electrons. The van der Waals surface area contributed by atoms with Gasteiger partial charge in [0.1, 0.15) is 24.8 Å². The summed E-state index contributed by atoms with van der Waals surface area (Å²) in [5.41, 5.74) is 0.137. The van der Waals surface area contributed by atoms with E-state index in [9.17, 15) is 9.59 Å². The van der Waals surface area contributed by atoms with E-state index >= 15 is 0 Å².